The van der Waals surface area contributed by atoms with E-state index in [1.54, 1.807) is 13.8 Å². The molecule has 7 unspecified atom stereocenters. The summed E-state index contributed by atoms with van der Waals surface area (Å²) in [6.07, 6.45) is 5.48. The molecule has 3 saturated heterocycles. The lowest BCUT2D eigenvalue weighted by atomic mass is 9.52. The molecule has 186 valence electrons. The maximum Gasteiger partial charge on any atom is 0.333 e. The molecule has 7 rings (SSSR count). The minimum atomic E-state index is -0.570. The zero-order chi connectivity index (χ0) is 24.4. The van der Waals surface area contributed by atoms with E-state index in [0.29, 0.717) is 42.4 Å². The van der Waals surface area contributed by atoms with E-state index in [4.69, 9.17) is 18.9 Å². The van der Waals surface area contributed by atoms with Gasteiger partial charge in [0.05, 0.1) is 24.2 Å². The van der Waals surface area contributed by atoms with Crippen molar-refractivity contribution in [2.45, 2.75) is 88.3 Å². The van der Waals surface area contributed by atoms with Crippen LogP contribution in [0.1, 0.15) is 58.8 Å². The van der Waals surface area contributed by atoms with Crippen molar-refractivity contribution < 1.29 is 38.4 Å². The highest BCUT2D eigenvalue weighted by molar-refractivity contribution is 5.87. The SMILES string of the molecule is C=C(C)C(=O)OC12CC3CC(CC(O)(C3)C1)C2.C=C(C)C(=O)OC1CC2OC1C1COC(=O)C21. The summed E-state index contributed by atoms with van der Waals surface area (Å²) in [4.78, 5) is 34.6. The Morgan fingerprint density at radius 1 is 1.03 bits per heavy atom. The van der Waals surface area contributed by atoms with Crippen molar-refractivity contribution in [3.8, 4) is 0 Å². The lowest BCUT2D eigenvalue weighted by Crippen LogP contribution is -2.60. The summed E-state index contributed by atoms with van der Waals surface area (Å²) in [5.74, 6) is 0.109. The van der Waals surface area contributed by atoms with Gasteiger partial charge in [0, 0.05) is 29.9 Å². The van der Waals surface area contributed by atoms with Crippen LogP contribution in [0.4, 0.5) is 0 Å². The standard InChI is InChI=1S/C14H20O3.C12H14O5/c1-9(2)12(15)17-14-6-10-3-11(7-14)5-13(16,4-10)8-14;1-5(2)11(13)17-8-3-7-9-6(10(8)16-7)4-15-12(9)14/h10-11,16H,1,3-8H2,2H3;6-10H,1,3-4H2,2H3. The molecule has 8 nitrogen and oxygen atoms in total. The van der Waals surface area contributed by atoms with Gasteiger partial charge in [-0.15, -0.1) is 0 Å². The first-order chi connectivity index (χ1) is 16.0. The predicted molar refractivity (Wildman–Crippen MR) is 119 cm³/mol. The fourth-order valence-corrected chi connectivity index (χ4v) is 7.48. The molecule has 0 aromatic heterocycles. The number of cyclic esters (lactones) is 1. The molecule has 4 saturated carbocycles. The zero-order valence-corrected chi connectivity index (χ0v) is 19.9. The van der Waals surface area contributed by atoms with Crippen molar-refractivity contribution in [2.24, 2.45) is 23.7 Å². The Balaban J connectivity index is 0.000000142. The Hall–Kier alpha value is -2.19. The summed E-state index contributed by atoms with van der Waals surface area (Å²) in [5.41, 5.74) is -0.135. The first-order valence-electron chi connectivity index (χ1n) is 12.3. The highest BCUT2D eigenvalue weighted by Crippen LogP contribution is 2.59. The zero-order valence-electron chi connectivity index (χ0n) is 19.9. The van der Waals surface area contributed by atoms with Gasteiger partial charge in [-0.1, -0.05) is 13.2 Å². The van der Waals surface area contributed by atoms with Gasteiger partial charge in [0.15, 0.2) is 0 Å². The third-order valence-electron chi connectivity index (χ3n) is 8.38. The molecule has 0 aromatic rings. The Kier molecular flexibility index (Phi) is 5.67. The van der Waals surface area contributed by atoms with Gasteiger partial charge in [-0.25, -0.2) is 9.59 Å². The van der Waals surface area contributed by atoms with E-state index in [1.165, 1.54) is 6.42 Å². The smallest absolute Gasteiger partial charge is 0.333 e. The van der Waals surface area contributed by atoms with Gasteiger partial charge in [-0.3, -0.25) is 4.79 Å². The Labute approximate surface area is 199 Å². The van der Waals surface area contributed by atoms with E-state index in [1.807, 2.05) is 0 Å². The van der Waals surface area contributed by atoms with Crippen LogP contribution in [-0.4, -0.2) is 59.1 Å². The number of hydrogen-bond acceptors (Lipinski definition) is 8. The van der Waals surface area contributed by atoms with Gasteiger partial charge in [-0.2, -0.15) is 0 Å². The van der Waals surface area contributed by atoms with Crippen LogP contribution in [-0.2, 0) is 33.3 Å². The minimum absolute atomic E-state index is 0.0455. The van der Waals surface area contributed by atoms with Crippen molar-refractivity contribution in [1.82, 2.24) is 0 Å². The fourth-order valence-electron chi connectivity index (χ4n) is 7.48. The molecule has 34 heavy (non-hydrogen) atoms. The quantitative estimate of drug-likeness (QED) is 0.376. The normalized spacial score (nSPS) is 44.6. The van der Waals surface area contributed by atoms with Gasteiger partial charge in [0.1, 0.15) is 17.8 Å². The number of esters is 3. The lowest BCUT2D eigenvalue weighted by molar-refractivity contribution is -0.217. The van der Waals surface area contributed by atoms with Crippen LogP contribution in [0.15, 0.2) is 24.3 Å². The molecule has 4 aliphatic carbocycles. The topological polar surface area (TPSA) is 108 Å². The highest BCUT2D eigenvalue weighted by Gasteiger charge is 2.62. The van der Waals surface area contributed by atoms with Crippen LogP contribution >= 0.6 is 0 Å². The number of ether oxygens (including phenoxy) is 4. The molecule has 3 aliphatic heterocycles. The molecule has 0 amide bonds. The first kappa shape index (κ1) is 23.5. The van der Waals surface area contributed by atoms with E-state index >= 15 is 0 Å². The summed E-state index contributed by atoms with van der Waals surface area (Å²) in [6, 6.07) is 0. The molecule has 1 N–H and O–H groups in total. The Morgan fingerprint density at radius 2 is 1.68 bits per heavy atom. The number of carbonyl (C=O) groups excluding carboxylic acids is 3. The van der Waals surface area contributed by atoms with Gasteiger partial charge >= 0.3 is 17.9 Å². The average molecular weight is 475 g/mol. The summed E-state index contributed by atoms with van der Waals surface area (Å²) in [5, 5.41) is 10.5. The van der Waals surface area contributed by atoms with Crippen molar-refractivity contribution in [2.75, 3.05) is 6.61 Å². The maximum absolute atomic E-state index is 11.7. The summed E-state index contributed by atoms with van der Waals surface area (Å²) < 4.78 is 21.7. The predicted octanol–water partition coefficient (Wildman–Crippen LogP) is 2.62. The van der Waals surface area contributed by atoms with Crippen LogP contribution < -0.4 is 0 Å². The average Bonchev–Trinajstić information content (AvgIpc) is 3.39. The van der Waals surface area contributed by atoms with Crippen LogP contribution in [0.25, 0.3) is 0 Å². The van der Waals surface area contributed by atoms with E-state index < -0.39 is 17.2 Å². The largest absolute Gasteiger partial charge is 0.465 e. The van der Waals surface area contributed by atoms with Crippen LogP contribution in [0, 0.1) is 23.7 Å². The second kappa shape index (κ2) is 8.19. The van der Waals surface area contributed by atoms with E-state index in [2.05, 4.69) is 13.2 Å². The number of hydrogen-bond donors (Lipinski definition) is 1. The van der Waals surface area contributed by atoms with Crippen LogP contribution in [0.5, 0.6) is 0 Å². The van der Waals surface area contributed by atoms with Gasteiger partial charge in [0.2, 0.25) is 0 Å². The molecule has 7 aliphatic rings. The molecule has 7 atom stereocenters. The molecule has 0 aromatic carbocycles. The van der Waals surface area contributed by atoms with Gasteiger partial charge in [-0.05, 0) is 57.8 Å². The molecule has 6 bridgehead atoms. The maximum atomic E-state index is 11.7. The second-order valence-electron chi connectivity index (χ2n) is 11.5. The van der Waals surface area contributed by atoms with E-state index in [-0.39, 0.29) is 42.1 Å². The molecule has 0 spiro atoms. The Morgan fingerprint density at radius 3 is 2.26 bits per heavy atom. The number of carbonyl (C=O) groups is 3. The summed E-state index contributed by atoms with van der Waals surface area (Å²) in [7, 11) is 0. The Bertz CT molecular complexity index is 923. The molecular weight excluding hydrogens is 440 g/mol. The van der Waals surface area contributed by atoms with Crippen molar-refractivity contribution >= 4 is 17.9 Å². The first-order valence-corrected chi connectivity index (χ1v) is 12.3. The second-order valence-corrected chi connectivity index (χ2v) is 11.5. The van der Waals surface area contributed by atoms with E-state index in [9.17, 15) is 19.5 Å². The summed E-state index contributed by atoms with van der Waals surface area (Å²) in [6.45, 7) is 10.8. The molecule has 0 radical (unpaired) electrons. The fraction of sp³-hybridized carbons (Fsp3) is 0.731. The number of rotatable bonds is 4. The molecule has 8 heteroatoms. The minimum Gasteiger partial charge on any atom is -0.465 e. The third kappa shape index (κ3) is 4.09. The van der Waals surface area contributed by atoms with E-state index in [0.717, 1.165) is 25.7 Å². The monoisotopic (exact) mass is 474 g/mol. The molecular formula is C26H34O8. The van der Waals surface area contributed by atoms with Crippen molar-refractivity contribution in [1.29, 1.82) is 0 Å². The van der Waals surface area contributed by atoms with Gasteiger partial charge < -0.3 is 24.1 Å². The number of aliphatic hydroxyl groups is 1. The summed E-state index contributed by atoms with van der Waals surface area (Å²) >= 11 is 0. The van der Waals surface area contributed by atoms with Crippen LogP contribution in [0.2, 0.25) is 0 Å². The lowest BCUT2D eigenvalue weighted by Gasteiger charge is -2.59. The molecule has 7 fully saturated rings. The highest BCUT2D eigenvalue weighted by atomic mass is 16.6. The third-order valence-corrected chi connectivity index (χ3v) is 8.38. The van der Waals surface area contributed by atoms with Crippen molar-refractivity contribution in [3.05, 3.63) is 24.3 Å². The number of fused-ring (bicyclic) bond motifs is 5. The van der Waals surface area contributed by atoms with Gasteiger partial charge in [0.25, 0.3) is 0 Å². The molecule has 3 heterocycles. The van der Waals surface area contributed by atoms with Crippen molar-refractivity contribution in [3.63, 3.8) is 0 Å². The van der Waals surface area contributed by atoms with Crippen LogP contribution in [0.3, 0.4) is 0 Å².